The van der Waals surface area contributed by atoms with Crippen molar-refractivity contribution in [2.24, 2.45) is 0 Å². The molecule has 0 spiro atoms. The number of hydrogen-bond donors (Lipinski definition) is 2. The number of aromatic amines is 1. The fraction of sp³-hybridized carbons (Fsp3) is 0.125. The molecule has 6 heteroatoms. The summed E-state index contributed by atoms with van der Waals surface area (Å²) < 4.78 is 10.8. The van der Waals surface area contributed by atoms with Crippen LogP contribution in [-0.4, -0.2) is 22.0 Å². The van der Waals surface area contributed by atoms with Crippen LogP contribution in [0.3, 0.4) is 0 Å². The van der Waals surface area contributed by atoms with Gasteiger partial charge in [-0.1, -0.05) is 6.07 Å². The highest BCUT2D eigenvalue weighted by Gasteiger charge is 2.16. The second-order valence-corrected chi connectivity index (χ2v) is 4.91. The third-order valence-electron chi connectivity index (χ3n) is 3.50. The summed E-state index contributed by atoms with van der Waals surface area (Å²) in [5.41, 5.74) is 3.03. The van der Waals surface area contributed by atoms with Crippen molar-refractivity contribution in [2.45, 2.75) is 6.54 Å². The summed E-state index contributed by atoms with van der Waals surface area (Å²) in [5, 5.41) is 10.5. The van der Waals surface area contributed by atoms with Gasteiger partial charge < -0.3 is 14.8 Å². The van der Waals surface area contributed by atoms with Crippen LogP contribution in [0.5, 0.6) is 11.5 Å². The standard InChI is InChI=1S/C16H14N4O2/c1-2-6-17-15(3-1)18-8-12-9-19-20-16(12)11-4-5-13-14(7-11)22-10-21-13/h1-7,9H,8,10H2,(H,17,18)(H,19,20). The Bertz CT molecular complexity index is 786. The van der Waals surface area contributed by atoms with Gasteiger partial charge in [-0.2, -0.15) is 5.10 Å². The predicted octanol–water partition coefficient (Wildman–Crippen LogP) is 2.81. The van der Waals surface area contributed by atoms with Crippen LogP contribution in [0.1, 0.15) is 5.56 Å². The van der Waals surface area contributed by atoms with Crippen molar-refractivity contribution in [1.29, 1.82) is 0 Å². The highest BCUT2D eigenvalue weighted by molar-refractivity contribution is 5.67. The lowest BCUT2D eigenvalue weighted by Crippen LogP contribution is -2.01. The molecule has 1 aliphatic rings. The Hall–Kier alpha value is -3.02. The molecule has 0 fully saturated rings. The van der Waals surface area contributed by atoms with Crippen molar-refractivity contribution >= 4 is 5.82 Å². The van der Waals surface area contributed by atoms with Crippen LogP contribution < -0.4 is 14.8 Å². The predicted molar refractivity (Wildman–Crippen MR) is 81.7 cm³/mol. The maximum atomic E-state index is 5.42. The molecule has 3 heterocycles. The van der Waals surface area contributed by atoms with Gasteiger partial charge in [0.05, 0.1) is 11.9 Å². The number of H-pyrrole nitrogens is 1. The average Bonchev–Trinajstić information content (AvgIpc) is 3.22. The first-order valence-corrected chi connectivity index (χ1v) is 6.97. The molecule has 2 aromatic heterocycles. The van der Waals surface area contributed by atoms with E-state index in [-0.39, 0.29) is 6.79 Å². The molecule has 0 amide bonds. The molecule has 110 valence electrons. The van der Waals surface area contributed by atoms with Gasteiger partial charge in [0.25, 0.3) is 0 Å². The first kappa shape index (κ1) is 12.7. The summed E-state index contributed by atoms with van der Waals surface area (Å²) in [7, 11) is 0. The van der Waals surface area contributed by atoms with E-state index in [1.54, 1.807) is 6.20 Å². The average molecular weight is 294 g/mol. The summed E-state index contributed by atoms with van der Waals surface area (Å²) in [6.07, 6.45) is 3.58. The molecule has 2 N–H and O–H groups in total. The Morgan fingerprint density at radius 1 is 1.14 bits per heavy atom. The SMILES string of the molecule is c1ccc(NCc2cn[nH]c2-c2ccc3c(c2)OCO3)nc1. The molecule has 0 radical (unpaired) electrons. The molecule has 1 aromatic carbocycles. The zero-order valence-electron chi connectivity index (χ0n) is 11.7. The highest BCUT2D eigenvalue weighted by atomic mass is 16.7. The van der Waals surface area contributed by atoms with Crippen LogP contribution in [0.15, 0.2) is 48.8 Å². The van der Waals surface area contributed by atoms with E-state index in [9.17, 15) is 0 Å². The fourth-order valence-corrected chi connectivity index (χ4v) is 2.40. The number of nitrogens with zero attached hydrogens (tertiary/aromatic N) is 2. The van der Waals surface area contributed by atoms with Crippen molar-refractivity contribution in [3.8, 4) is 22.8 Å². The van der Waals surface area contributed by atoms with Crippen molar-refractivity contribution in [3.05, 3.63) is 54.4 Å². The monoisotopic (exact) mass is 294 g/mol. The van der Waals surface area contributed by atoms with Gasteiger partial charge in [-0.05, 0) is 30.3 Å². The van der Waals surface area contributed by atoms with E-state index in [0.717, 1.165) is 34.1 Å². The van der Waals surface area contributed by atoms with Crippen molar-refractivity contribution < 1.29 is 9.47 Å². The van der Waals surface area contributed by atoms with E-state index in [1.165, 1.54) is 0 Å². The van der Waals surface area contributed by atoms with E-state index >= 15 is 0 Å². The van der Waals surface area contributed by atoms with Gasteiger partial charge in [-0.15, -0.1) is 0 Å². The Balaban J connectivity index is 1.57. The van der Waals surface area contributed by atoms with Crippen LogP contribution in [0.2, 0.25) is 0 Å². The third kappa shape index (κ3) is 2.35. The van der Waals surface area contributed by atoms with Crippen LogP contribution in [0, 0.1) is 0 Å². The van der Waals surface area contributed by atoms with Crippen molar-refractivity contribution in [1.82, 2.24) is 15.2 Å². The molecular formula is C16H14N4O2. The topological polar surface area (TPSA) is 72.1 Å². The quantitative estimate of drug-likeness (QED) is 0.774. The number of aromatic nitrogens is 3. The number of pyridine rings is 1. The molecule has 1 aliphatic heterocycles. The summed E-state index contributed by atoms with van der Waals surface area (Å²) in [6.45, 7) is 0.910. The second kappa shape index (κ2) is 5.40. The first-order chi connectivity index (χ1) is 10.9. The molecular weight excluding hydrogens is 280 g/mol. The van der Waals surface area contributed by atoms with Gasteiger partial charge in [0.2, 0.25) is 6.79 Å². The van der Waals surface area contributed by atoms with Gasteiger partial charge >= 0.3 is 0 Å². The number of nitrogens with one attached hydrogen (secondary N) is 2. The second-order valence-electron chi connectivity index (χ2n) is 4.91. The fourth-order valence-electron chi connectivity index (χ4n) is 2.40. The lowest BCUT2D eigenvalue weighted by atomic mass is 10.1. The molecule has 0 saturated heterocycles. The maximum Gasteiger partial charge on any atom is 0.231 e. The van der Waals surface area contributed by atoms with Gasteiger partial charge in [-0.3, -0.25) is 5.10 Å². The number of rotatable bonds is 4. The summed E-state index contributed by atoms with van der Waals surface area (Å²) in [6, 6.07) is 11.6. The lowest BCUT2D eigenvalue weighted by molar-refractivity contribution is 0.174. The molecule has 0 atom stereocenters. The number of fused-ring (bicyclic) bond motifs is 1. The minimum atomic E-state index is 0.274. The molecule has 0 bridgehead atoms. The number of benzene rings is 1. The van der Waals surface area contributed by atoms with E-state index in [4.69, 9.17) is 9.47 Å². The minimum Gasteiger partial charge on any atom is -0.454 e. The van der Waals surface area contributed by atoms with Gasteiger partial charge in [0.1, 0.15) is 5.82 Å². The molecule has 0 saturated carbocycles. The van der Waals surface area contributed by atoms with E-state index in [0.29, 0.717) is 6.54 Å². The molecule has 0 aliphatic carbocycles. The van der Waals surface area contributed by atoms with Gasteiger partial charge in [0, 0.05) is 23.9 Å². The van der Waals surface area contributed by atoms with Crippen molar-refractivity contribution in [2.75, 3.05) is 12.1 Å². The number of anilines is 1. The third-order valence-corrected chi connectivity index (χ3v) is 3.50. The minimum absolute atomic E-state index is 0.274. The van der Waals surface area contributed by atoms with E-state index in [2.05, 4.69) is 20.5 Å². The Kier molecular flexibility index (Phi) is 3.12. The summed E-state index contributed by atoms with van der Waals surface area (Å²) in [4.78, 5) is 4.25. The van der Waals surface area contributed by atoms with Crippen molar-refractivity contribution in [3.63, 3.8) is 0 Å². The van der Waals surface area contributed by atoms with E-state index < -0.39 is 0 Å². The molecule has 6 nitrogen and oxygen atoms in total. The van der Waals surface area contributed by atoms with Gasteiger partial charge in [0.15, 0.2) is 11.5 Å². The maximum absolute atomic E-state index is 5.42. The largest absolute Gasteiger partial charge is 0.454 e. The summed E-state index contributed by atoms with van der Waals surface area (Å²) in [5.74, 6) is 2.37. The summed E-state index contributed by atoms with van der Waals surface area (Å²) >= 11 is 0. The smallest absolute Gasteiger partial charge is 0.231 e. The van der Waals surface area contributed by atoms with Crippen LogP contribution in [-0.2, 0) is 6.54 Å². The molecule has 3 aromatic rings. The number of hydrogen-bond acceptors (Lipinski definition) is 5. The zero-order valence-corrected chi connectivity index (χ0v) is 11.7. The Morgan fingerprint density at radius 3 is 3.00 bits per heavy atom. The normalized spacial score (nSPS) is 12.4. The number of ether oxygens (including phenoxy) is 2. The highest BCUT2D eigenvalue weighted by Crippen LogP contribution is 2.36. The van der Waals surface area contributed by atoms with E-state index in [1.807, 2.05) is 42.6 Å². The molecule has 0 unspecified atom stereocenters. The zero-order chi connectivity index (χ0) is 14.8. The molecule has 22 heavy (non-hydrogen) atoms. The Morgan fingerprint density at radius 2 is 2.09 bits per heavy atom. The van der Waals surface area contributed by atoms with Gasteiger partial charge in [-0.25, -0.2) is 4.98 Å². The van der Waals surface area contributed by atoms with Crippen LogP contribution >= 0.6 is 0 Å². The first-order valence-electron chi connectivity index (χ1n) is 6.97. The Labute approximate surface area is 127 Å². The van der Waals surface area contributed by atoms with Crippen LogP contribution in [0.25, 0.3) is 11.3 Å². The van der Waals surface area contributed by atoms with Crippen LogP contribution in [0.4, 0.5) is 5.82 Å². The molecule has 4 rings (SSSR count). The lowest BCUT2D eigenvalue weighted by Gasteiger charge is -2.07.